The highest BCUT2D eigenvalue weighted by Gasteiger charge is 2.45. The average molecular weight is 571 g/mol. The van der Waals surface area contributed by atoms with Gasteiger partial charge in [0.1, 0.15) is 0 Å². The Morgan fingerprint density at radius 3 is 2.38 bits per heavy atom. The maximum atomic E-state index is 13.9. The number of hydrogen-bond acceptors (Lipinski definition) is 7. The lowest BCUT2D eigenvalue weighted by atomic mass is 9.98. The lowest BCUT2D eigenvalue weighted by Crippen LogP contribution is -2.48. The average Bonchev–Trinajstić information content (AvgIpc) is 3.37. The number of rotatable bonds is 8. The van der Waals surface area contributed by atoms with Crippen molar-refractivity contribution in [2.75, 3.05) is 38.2 Å². The third kappa shape index (κ3) is 6.10. The minimum absolute atomic E-state index is 0.0779. The first kappa shape index (κ1) is 28.1. The molecule has 1 atom stereocenters. The summed E-state index contributed by atoms with van der Waals surface area (Å²) >= 11 is 0. The molecule has 10 nitrogen and oxygen atoms in total. The maximum absolute atomic E-state index is 13.9. The Hall–Kier alpha value is -4.02. The van der Waals surface area contributed by atoms with Gasteiger partial charge in [0.15, 0.2) is 0 Å². The molecule has 1 aromatic heterocycles. The number of carbonyl (C=O) groups is 2. The molecule has 4 heterocycles. The number of nitrogens with one attached hydrogen (secondary N) is 1. The number of aromatic nitrogens is 2. The summed E-state index contributed by atoms with van der Waals surface area (Å²) in [7, 11) is 0. The van der Waals surface area contributed by atoms with Crippen molar-refractivity contribution in [2.45, 2.75) is 57.3 Å². The summed E-state index contributed by atoms with van der Waals surface area (Å²) in [5, 5.41) is 12.2. The molecule has 10 heteroatoms. The third-order valence-corrected chi connectivity index (χ3v) is 8.80. The van der Waals surface area contributed by atoms with Crippen molar-refractivity contribution in [3.8, 4) is 0 Å². The van der Waals surface area contributed by atoms with Crippen LogP contribution in [0.1, 0.15) is 58.9 Å². The number of urea groups is 1. The molecule has 3 aliphatic rings. The molecule has 3 fully saturated rings. The number of anilines is 2. The molecular weight excluding hydrogens is 532 g/mol. The topological polar surface area (TPSA) is 111 Å². The highest BCUT2D eigenvalue weighted by atomic mass is 16.5. The Balaban J connectivity index is 1.08. The molecule has 3 aromatic rings. The van der Waals surface area contributed by atoms with E-state index in [0.717, 1.165) is 82.0 Å². The molecule has 42 heavy (non-hydrogen) atoms. The van der Waals surface area contributed by atoms with Gasteiger partial charge in [0.05, 0.1) is 11.6 Å². The van der Waals surface area contributed by atoms with E-state index in [1.165, 1.54) is 5.56 Å². The van der Waals surface area contributed by atoms with Gasteiger partial charge in [-0.05, 0) is 62.4 Å². The number of nitrogens with zero attached hydrogens (tertiary/aromatic N) is 5. The molecule has 3 aliphatic heterocycles. The van der Waals surface area contributed by atoms with Crippen LogP contribution >= 0.6 is 0 Å². The van der Waals surface area contributed by atoms with Crippen LogP contribution in [0.3, 0.4) is 0 Å². The number of aryl methyl sites for hydroxylation is 1. The number of likely N-dealkylation sites (tertiary alicyclic amines) is 1. The van der Waals surface area contributed by atoms with Crippen LogP contribution in [0.25, 0.3) is 0 Å². The summed E-state index contributed by atoms with van der Waals surface area (Å²) in [6, 6.07) is 17.7. The predicted molar refractivity (Wildman–Crippen MR) is 159 cm³/mol. The van der Waals surface area contributed by atoms with E-state index < -0.39 is 5.97 Å². The van der Waals surface area contributed by atoms with Gasteiger partial charge >= 0.3 is 12.0 Å². The lowest BCUT2D eigenvalue weighted by molar-refractivity contribution is 0.0493. The zero-order chi connectivity index (χ0) is 29.1. The van der Waals surface area contributed by atoms with Gasteiger partial charge in [-0.1, -0.05) is 30.3 Å². The van der Waals surface area contributed by atoms with E-state index in [9.17, 15) is 9.59 Å². The van der Waals surface area contributed by atoms with Crippen molar-refractivity contribution in [2.24, 2.45) is 0 Å². The second-order valence-electron chi connectivity index (χ2n) is 11.4. The summed E-state index contributed by atoms with van der Waals surface area (Å²) in [5.74, 6) is -0.478. The number of carboxylic acids is 1. The van der Waals surface area contributed by atoms with Crippen molar-refractivity contribution in [1.82, 2.24) is 24.7 Å². The summed E-state index contributed by atoms with van der Waals surface area (Å²) < 4.78 is 5.58. The van der Waals surface area contributed by atoms with E-state index >= 15 is 0 Å². The summed E-state index contributed by atoms with van der Waals surface area (Å²) in [6.07, 6.45) is 5.55. The van der Waals surface area contributed by atoms with Crippen LogP contribution in [-0.4, -0.2) is 86.7 Å². The normalized spacial score (nSPS) is 20.7. The fraction of sp³-hybridized carbons (Fsp3) is 0.438. The van der Waals surface area contributed by atoms with Gasteiger partial charge in [-0.3, -0.25) is 4.90 Å². The first-order valence-electron chi connectivity index (χ1n) is 14.8. The minimum atomic E-state index is -0.956. The van der Waals surface area contributed by atoms with Crippen molar-refractivity contribution < 1.29 is 19.4 Å². The van der Waals surface area contributed by atoms with Gasteiger partial charge in [-0.15, -0.1) is 0 Å². The minimum Gasteiger partial charge on any atom is -0.478 e. The van der Waals surface area contributed by atoms with Gasteiger partial charge in [-0.25, -0.2) is 19.6 Å². The van der Waals surface area contributed by atoms with Gasteiger partial charge in [-0.2, -0.15) is 0 Å². The predicted octanol–water partition coefficient (Wildman–Crippen LogP) is 4.85. The fourth-order valence-corrected chi connectivity index (χ4v) is 6.42. The summed E-state index contributed by atoms with van der Waals surface area (Å²) in [4.78, 5) is 40.8. The number of hydrogen-bond donors (Lipinski definition) is 2. The SMILES string of the molecule is Cc1nc(Nc2ccc(C(=O)O)cc2)ncc1CN1CCC(N2C(=O)N(C3CCOCC3)CC2c2ccccc2)CC1. The van der Waals surface area contributed by atoms with E-state index in [1.807, 2.05) is 19.2 Å². The van der Waals surface area contributed by atoms with Crippen molar-refractivity contribution in [3.63, 3.8) is 0 Å². The highest BCUT2D eigenvalue weighted by molar-refractivity contribution is 5.88. The zero-order valence-electron chi connectivity index (χ0n) is 24.0. The molecule has 3 saturated heterocycles. The van der Waals surface area contributed by atoms with Crippen LogP contribution < -0.4 is 5.32 Å². The maximum Gasteiger partial charge on any atom is 0.335 e. The fourth-order valence-electron chi connectivity index (χ4n) is 6.42. The van der Waals surface area contributed by atoms with E-state index in [0.29, 0.717) is 5.95 Å². The molecule has 0 bridgehead atoms. The number of aromatic carboxylic acids is 1. The Labute approximate surface area is 246 Å². The van der Waals surface area contributed by atoms with Crippen LogP contribution in [0.15, 0.2) is 60.8 Å². The van der Waals surface area contributed by atoms with Crippen LogP contribution in [0.2, 0.25) is 0 Å². The monoisotopic (exact) mass is 570 g/mol. The van der Waals surface area contributed by atoms with E-state index in [4.69, 9.17) is 9.84 Å². The molecule has 0 radical (unpaired) electrons. The molecular formula is C32H38N6O4. The van der Waals surface area contributed by atoms with Gasteiger partial charge in [0, 0.05) is 74.6 Å². The molecule has 6 rings (SSSR count). The van der Waals surface area contributed by atoms with Gasteiger partial charge < -0.3 is 25.0 Å². The zero-order valence-corrected chi connectivity index (χ0v) is 24.0. The number of ether oxygens (including phenoxy) is 1. The molecule has 0 spiro atoms. The molecule has 2 aromatic carbocycles. The van der Waals surface area contributed by atoms with Crippen LogP contribution in [0, 0.1) is 6.92 Å². The van der Waals surface area contributed by atoms with Crippen LogP contribution in [-0.2, 0) is 11.3 Å². The number of carbonyl (C=O) groups excluding carboxylic acids is 1. The molecule has 2 amide bonds. The largest absolute Gasteiger partial charge is 0.478 e. The van der Waals surface area contributed by atoms with Crippen molar-refractivity contribution >= 4 is 23.6 Å². The Kier molecular flexibility index (Phi) is 8.34. The van der Waals surface area contributed by atoms with E-state index in [1.54, 1.807) is 24.3 Å². The Morgan fingerprint density at radius 2 is 1.71 bits per heavy atom. The first-order valence-corrected chi connectivity index (χ1v) is 14.8. The summed E-state index contributed by atoms with van der Waals surface area (Å²) in [5.41, 5.74) is 4.16. The molecule has 1 unspecified atom stereocenters. The van der Waals surface area contributed by atoms with Crippen LogP contribution in [0.5, 0.6) is 0 Å². The molecule has 2 N–H and O–H groups in total. The first-order chi connectivity index (χ1) is 20.5. The third-order valence-electron chi connectivity index (χ3n) is 8.80. The number of piperidine rings is 1. The smallest absolute Gasteiger partial charge is 0.335 e. The Morgan fingerprint density at radius 1 is 1.00 bits per heavy atom. The molecule has 0 aliphatic carbocycles. The number of carboxylic acid groups (broad SMARTS) is 1. The van der Waals surface area contributed by atoms with Gasteiger partial charge in [0.25, 0.3) is 0 Å². The van der Waals surface area contributed by atoms with Gasteiger partial charge in [0.2, 0.25) is 5.95 Å². The standard InChI is InChI=1S/C32H38N6O4/c1-22-25(19-33-31(34-22)35-26-9-7-24(8-10-26)30(39)40)20-36-15-11-28(12-16-36)38-29(23-5-3-2-4-6-23)21-37(32(38)41)27-13-17-42-18-14-27/h2-10,19,27-29H,11-18,20-21H2,1H3,(H,39,40)(H,33,34,35). The highest BCUT2D eigenvalue weighted by Crippen LogP contribution is 2.37. The van der Waals surface area contributed by atoms with Crippen molar-refractivity contribution in [1.29, 1.82) is 0 Å². The van der Waals surface area contributed by atoms with Crippen LogP contribution in [0.4, 0.5) is 16.4 Å². The second-order valence-corrected chi connectivity index (χ2v) is 11.4. The number of amides is 2. The van der Waals surface area contributed by atoms with E-state index in [-0.39, 0.29) is 29.7 Å². The second kappa shape index (κ2) is 12.5. The van der Waals surface area contributed by atoms with Crippen molar-refractivity contribution in [3.05, 3.63) is 83.2 Å². The Bertz CT molecular complexity index is 1390. The summed E-state index contributed by atoms with van der Waals surface area (Å²) in [6.45, 7) is 6.75. The molecule has 220 valence electrons. The van der Waals surface area contributed by atoms with E-state index in [2.05, 4.69) is 54.2 Å². The lowest BCUT2D eigenvalue weighted by Gasteiger charge is -2.39. The quantitative estimate of drug-likeness (QED) is 0.396. The number of benzene rings is 2. The molecule has 0 saturated carbocycles.